The Balaban J connectivity index is 1.56. The number of nitrogens with one attached hydrogen (secondary N) is 2. The average molecular weight is 356 g/mol. The number of amides is 2. The first kappa shape index (κ1) is 16.8. The fraction of sp³-hybridized carbons (Fsp3) is 0.0588. The van der Waals surface area contributed by atoms with Gasteiger partial charge in [-0.2, -0.15) is 0 Å². The minimum Gasteiger partial charge on any atom is -0.292 e. The minimum absolute atomic E-state index is 0.0346. The van der Waals surface area contributed by atoms with Gasteiger partial charge >= 0.3 is 0 Å². The molecule has 0 atom stereocenters. The normalized spacial score (nSPS) is 10.4. The summed E-state index contributed by atoms with van der Waals surface area (Å²) in [5.74, 6) is -1.10. The zero-order valence-electron chi connectivity index (χ0n) is 12.9. The molecule has 25 heavy (non-hydrogen) atoms. The van der Waals surface area contributed by atoms with Crippen molar-refractivity contribution in [2.75, 3.05) is 5.75 Å². The number of carbonyl (C=O) groups excluding carboxylic acids is 2. The molecule has 0 fully saturated rings. The standard InChI is InChI=1S/C17H13FN4O2S/c18-13-9-5-4-8-12(13)15-20-17(22-21-15)25-10-14(23)19-16(24)11-6-2-1-3-7-11/h1-9H,10H2,(H,19,23,24)(H,20,21,22). The lowest BCUT2D eigenvalue weighted by atomic mass is 10.2. The van der Waals surface area contributed by atoms with E-state index in [2.05, 4.69) is 20.5 Å². The molecule has 0 saturated carbocycles. The topological polar surface area (TPSA) is 87.7 Å². The van der Waals surface area contributed by atoms with Gasteiger partial charge in [0.05, 0.1) is 11.3 Å². The molecule has 1 aromatic heterocycles. The highest BCUT2D eigenvalue weighted by Gasteiger charge is 2.13. The Kier molecular flexibility index (Phi) is 5.20. The second-order valence-corrected chi connectivity index (χ2v) is 5.92. The molecule has 0 saturated heterocycles. The molecule has 3 rings (SSSR count). The molecule has 3 aromatic rings. The van der Waals surface area contributed by atoms with E-state index in [-0.39, 0.29) is 11.6 Å². The lowest BCUT2D eigenvalue weighted by molar-refractivity contribution is -0.117. The van der Waals surface area contributed by atoms with Crippen molar-refractivity contribution >= 4 is 23.6 Å². The first-order chi connectivity index (χ1) is 12.1. The third-order valence-corrected chi connectivity index (χ3v) is 4.06. The number of H-pyrrole nitrogens is 1. The van der Waals surface area contributed by atoms with E-state index >= 15 is 0 Å². The summed E-state index contributed by atoms with van der Waals surface area (Å²) in [6, 6.07) is 14.6. The van der Waals surface area contributed by atoms with Crippen LogP contribution in [0.2, 0.25) is 0 Å². The van der Waals surface area contributed by atoms with Gasteiger partial charge in [-0.1, -0.05) is 42.1 Å². The fourth-order valence-electron chi connectivity index (χ4n) is 2.04. The molecule has 2 aromatic carbocycles. The van der Waals surface area contributed by atoms with Gasteiger partial charge in [-0.25, -0.2) is 9.37 Å². The molecular weight excluding hydrogens is 343 g/mol. The number of aromatic nitrogens is 3. The Bertz CT molecular complexity index is 898. The Morgan fingerprint density at radius 3 is 2.56 bits per heavy atom. The smallest absolute Gasteiger partial charge is 0.257 e. The molecule has 1 heterocycles. The van der Waals surface area contributed by atoms with E-state index in [9.17, 15) is 14.0 Å². The summed E-state index contributed by atoms with van der Waals surface area (Å²) in [5, 5.41) is 9.15. The molecular formula is C17H13FN4O2S. The van der Waals surface area contributed by atoms with Crippen molar-refractivity contribution in [1.82, 2.24) is 20.5 Å². The van der Waals surface area contributed by atoms with Crippen molar-refractivity contribution < 1.29 is 14.0 Å². The predicted octanol–water partition coefficient (Wildman–Crippen LogP) is 2.66. The molecule has 2 amide bonds. The summed E-state index contributed by atoms with van der Waals surface area (Å²) in [6.45, 7) is 0. The molecule has 0 aliphatic heterocycles. The second kappa shape index (κ2) is 7.71. The molecule has 8 heteroatoms. The van der Waals surface area contributed by atoms with Gasteiger partial charge in [0.1, 0.15) is 5.82 Å². The third kappa shape index (κ3) is 4.30. The van der Waals surface area contributed by atoms with E-state index < -0.39 is 17.6 Å². The molecule has 0 bridgehead atoms. The number of aromatic amines is 1. The molecule has 2 N–H and O–H groups in total. The monoisotopic (exact) mass is 356 g/mol. The number of rotatable bonds is 5. The second-order valence-electron chi connectivity index (χ2n) is 4.98. The lowest BCUT2D eigenvalue weighted by Crippen LogP contribution is -2.31. The van der Waals surface area contributed by atoms with Gasteiger partial charge in [0, 0.05) is 5.56 Å². The predicted molar refractivity (Wildman–Crippen MR) is 91.4 cm³/mol. The summed E-state index contributed by atoms with van der Waals surface area (Å²) in [6.07, 6.45) is 0. The van der Waals surface area contributed by atoms with Gasteiger partial charge in [0.25, 0.3) is 5.91 Å². The number of hydrogen-bond acceptors (Lipinski definition) is 5. The third-order valence-electron chi connectivity index (χ3n) is 3.22. The van der Waals surface area contributed by atoms with Gasteiger partial charge in [-0.05, 0) is 24.3 Å². The van der Waals surface area contributed by atoms with Crippen molar-refractivity contribution in [3.8, 4) is 11.4 Å². The van der Waals surface area contributed by atoms with Gasteiger partial charge < -0.3 is 0 Å². The lowest BCUT2D eigenvalue weighted by Gasteiger charge is -2.02. The van der Waals surface area contributed by atoms with Crippen LogP contribution >= 0.6 is 11.8 Å². The quantitative estimate of drug-likeness (QED) is 0.686. The fourth-order valence-corrected chi connectivity index (χ4v) is 2.64. The number of carbonyl (C=O) groups is 2. The first-order valence-electron chi connectivity index (χ1n) is 7.33. The van der Waals surface area contributed by atoms with Gasteiger partial charge in [-0.15, -0.1) is 5.10 Å². The van der Waals surface area contributed by atoms with Crippen LogP contribution in [0.3, 0.4) is 0 Å². The zero-order valence-corrected chi connectivity index (χ0v) is 13.7. The van der Waals surface area contributed by atoms with E-state index in [1.165, 1.54) is 6.07 Å². The molecule has 6 nitrogen and oxygen atoms in total. The van der Waals surface area contributed by atoms with Gasteiger partial charge in [0.15, 0.2) is 5.82 Å². The summed E-state index contributed by atoms with van der Waals surface area (Å²) >= 11 is 1.05. The van der Waals surface area contributed by atoms with Crippen molar-refractivity contribution in [3.63, 3.8) is 0 Å². The van der Waals surface area contributed by atoms with Crippen LogP contribution in [0.25, 0.3) is 11.4 Å². The molecule has 126 valence electrons. The van der Waals surface area contributed by atoms with Gasteiger partial charge in [-0.3, -0.25) is 20.0 Å². The van der Waals surface area contributed by atoms with E-state index in [0.29, 0.717) is 16.3 Å². The van der Waals surface area contributed by atoms with Crippen molar-refractivity contribution in [3.05, 3.63) is 66.0 Å². The Morgan fingerprint density at radius 2 is 1.80 bits per heavy atom. The Hall–Kier alpha value is -3.00. The summed E-state index contributed by atoms with van der Waals surface area (Å²) in [7, 11) is 0. The highest BCUT2D eigenvalue weighted by atomic mass is 32.2. The summed E-state index contributed by atoms with van der Waals surface area (Å²) in [4.78, 5) is 27.9. The molecule has 0 unspecified atom stereocenters. The maximum atomic E-state index is 13.7. The van der Waals surface area contributed by atoms with Crippen molar-refractivity contribution in [2.24, 2.45) is 0 Å². The zero-order chi connectivity index (χ0) is 17.6. The van der Waals surface area contributed by atoms with E-state index in [1.807, 2.05) is 0 Å². The first-order valence-corrected chi connectivity index (χ1v) is 8.31. The molecule has 0 radical (unpaired) electrons. The highest BCUT2D eigenvalue weighted by molar-refractivity contribution is 7.99. The minimum atomic E-state index is -0.465. The molecule has 0 aliphatic carbocycles. The van der Waals surface area contributed by atoms with Gasteiger partial charge in [0.2, 0.25) is 11.1 Å². The summed E-state index contributed by atoms with van der Waals surface area (Å²) < 4.78 is 13.7. The largest absolute Gasteiger partial charge is 0.292 e. The van der Waals surface area contributed by atoms with Crippen LogP contribution < -0.4 is 5.32 Å². The van der Waals surface area contributed by atoms with Crippen LogP contribution in [-0.2, 0) is 4.79 Å². The van der Waals surface area contributed by atoms with E-state index in [0.717, 1.165) is 11.8 Å². The highest BCUT2D eigenvalue weighted by Crippen LogP contribution is 2.21. The van der Waals surface area contributed by atoms with Crippen LogP contribution in [-0.4, -0.2) is 32.7 Å². The van der Waals surface area contributed by atoms with E-state index in [4.69, 9.17) is 0 Å². The summed E-state index contributed by atoms with van der Waals surface area (Å²) in [5.41, 5.74) is 0.700. The SMILES string of the molecule is O=C(CSc1n[nH]c(-c2ccccc2F)n1)NC(=O)c1ccccc1. The number of halogens is 1. The number of imide groups is 1. The molecule has 0 spiro atoms. The molecule has 0 aliphatic rings. The van der Waals surface area contributed by atoms with Crippen LogP contribution in [0.1, 0.15) is 10.4 Å². The maximum absolute atomic E-state index is 13.7. The van der Waals surface area contributed by atoms with Crippen LogP contribution in [0.4, 0.5) is 4.39 Å². The van der Waals surface area contributed by atoms with Crippen LogP contribution in [0, 0.1) is 5.82 Å². The Labute approximate surface area is 146 Å². The number of nitrogens with zero attached hydrogens (tertiary/aromatic N) is 2. The Morgan fingerprint density at radius 1 is 1.08 bits per heavy atom. The van der Waals surface area contributed by atoms with Crippen molar-refractivity contribution in [2.45, 2.75) is 5.16 Å². The number of benzene rings is 2. The number of thioether (sulfide) groups is 1. The van der Waals surface area contributed by atoms with Crippen LogP contribution in [0.5, 0.6) is 0 Å². The average Bonchev–Trinajstić information content (AvgIpc) is 3.10. The van der Waals surface area contributed by atoms with Crippen molar-refractivity contribution in [1.29, 1.82) is 0 Å². The maximum Gasteiger partial charge on any atom is 0.257 e. The van der Waals surface area contributed by atoms with Crippen LogP contribution in [0.15, 0.2) is 59.8 Å². The number of hydrogen-bond donors (Lipinski definition) is 2. The van der Waals surface area contributed by atoms with E-state index in [1.54, 1.807) is 48.5 Å².